The summed E-state index contributed by atoms with van der Waals surface area (Å²) in [7, 11) is -2.03. The molecule has 7 nitrogen and oxygen atoms in total. The third-order valence-corrected chi connectivity index (χ3v) is 5.02. The summed E-state index contributed by atoms with van der Waals surface area (Å²) in [5.74, 6) is -0.910. The van der Waals surface area contributed by atoms with Gasteiger partial charge >= 0.3 is 5.97 Å². The van der Waals surface area contributed by atoms with E-state index in [1.165, 1.54) is 26.2 Å². The van der Waals surface area contributed by atoms with Crippen LogP contribution in [0.2, 0.25) is 5.02 Å². The molecule has 1 atom stereocenters. The van der Waals surface area contributed by atoms with Gasteiger partial charge in [0.15, 0.2) is 15.9 Å². The maximum absolute atomic E-state index is 12.3. The number of ether oxygens (including phenoxy) is 2. The number of carbonyl (C=O) groups excluding carboxylic acids is 2. The van der Waals surface area contributed by atoms with E-state index in [1.807, 2.05) is 0 Å². The zero-order valence-electron chi connectivity index (χ0n) is 14.9. The van der Waals surface area contributed by atoms with Crippen LogP contribution in [0.25, 0.3) is 0 Å². The SMILES string of the molecule is COc1cccc(NC(=O)[C@@H](C)OC(=O)c2cc(S(C)(=O)=O)ccc2Cl)c1. The number of nitrogens with one attached hydrogen (secondary N) is 1. The average Bonchev–Trinajstić information content (AvgIpc) is 2.61. The predicted octanol–water partition coefficient (Wildman–Crippen LogP) is 2.94. The Bertz CT molecular complexity index is 974. The first-order valence-corrected chi connectivity index (χ1v) is 10.0. The van der Waals surface area contributed by atoms with Gasteiger partial charge in [-0.25, -0.2) is 13.2 Å². The van der Waals surface area contributed by atoms with Crippen molar-refractivity contribution < 1.29 is 27.5 Å². The summed E-state index contributed by atoms with van der Waals surface area (Å²) >= 11 is 5.96. The fourth-order valence-corrected chi connectivity index (χ4v) is 2.96. The second-order valence-electron chi connectivity index (χ2n) is 5.68. The Hall–Kier alpha value is -2.58. The van der Waals surface area contributed by atoms with Gasteiger partial charge in [-0.2, -0.15) is 0 Å². The van der Waals surface area contributed by atoms with Crippen LogP contribution in [0.3, 0.4) is 0 Å². The van der Waals surface area contributed by atoms with Gasteiger partial charge in [-0.15, -0.1) is 0 Å². The van der Waals surface area contributed by atoms with E-state index >= 15 is 0 Å². The number of amides is 1. The molecule has 0 aromatic heterocycles. The molecule has 0 unspecified atom stereocenters. The molecule has 0 saturated carbocycles. The van der Waals surface area contributed by atoms with E-state index in [-0.39, 0.29) is 15.5 Å². The summed E-state index contributed by atoms with van der Waals surface area (Å²) in [6, 6.07) is 10.4. The Balaban J connectivity index is 2.11. The summed E-state index contributed by atoms with van der Waals surface area (Å²) in [5, 5.41) is 2.62. The molecule has 144 valence electrons. The summed E-state index contributed by atoms with van der Waals surface area (Å²) < 4.78 is 33.5. The monoisotopic (exact) mass is 411 g/mol. The average molecular weight is 412 g/mol. The number of rotatable bonds is 6. The van der Waals surface area contributed by atoms with Crippen molar-refractivity contribution in [3.63, 3.8) is 0 Å². The summed E-state index contributed by atoms with van der Waals surface area (Å²) in [4.78, 5) is 24.5. The normalized spacial score (nSPS) is 12.1. The lowest BCUT2D eigenvalue weighted by Crippen LogP contribution is -2.30. The van der Waals surface area contributed by atoms with Gasteiger partial charge in [0.1, 0.15) is 5.75 Å². The largest absolute Gasteiger partial charge is 0.497 e. The number of halogens is 1. The number of sulfone groups is 1. The first-order chi connectivity index (χ1) is 12.6. The van der Waals surface area contributed by atoms with E-state index in [0.29, 0.717) is 11.4 Å². The molecule has 0 fully saturated rings. The number of methoxy groups -OCH3 is 1. The third-order valence-electron chi connectivity index (χ3n) is 3.58. The smallest absolute Gasteiger partial charge is 0.340 e. The minimum absolute atomic E-state index is 0.0211. The zero-order chi connectivity index (χ0) is 20.2. The second-order valence-corrected chi connectivity index (χ2v) is 8.11. The molecule has 0 radical (unpaired) electrons. The van der Waals surface area contributed by atoms with Crippen molar-refractivity contribution in [1.29, 1.82) is 0 Å². The lowest BCUT2D eigenvalue weighted by molar-refractivity contribution is -0.123. The van der Waals surface area contributed by atoms with Gasteiger partial charge in [0, 0.05) is 18.0 Å². The summed E-state index contributed by atoms with van der Waals surface area (Å²) in [6.07, 6.45) is -0.128. The minimum atomic E-state index is -3.53. The highest BCUT2D eigenvalue weighted by molar-refractivity contribution is 7.90. The van der Waals surface area contributed by atoms with Crippen molar-refractivity contribution in [1.82, 2.24) is 0 Å². The number of benzene rings is 2. The molecule has 1 N–H and O–H groups in total. The van der Waals surface area contributed by atoms with Crippen molar-refractivity contribution in [2.75, 3.05) is 18.7 Å². The highest BCUT2D eigenvalue weighted by Gasteiger charge is 2.22. The van der Waals surface area contributed by atoms with Crippen molar-refractivity contribution in [2.24, 2.45) is 0 Å². The van der Waals surface area contributed by atoms with Crippen LogP contribution < -0.4 is 10.1 Å². The first kappa shape index (κ1) is 20.7. The van der Waals surface area contributed by atoms with Crippen molar-refractivity contribution in [3.05, 3.63) is 53.1 Å². The number of hydrogen-bond donors (Lipinski definition) is 1. The van der Waals surface area contributed by atoms with Crippen LogP contribution >= 0.6 is 11.6 Å². The molecule has 0 aliphatic rings. The first-order valence-electron chi connectivity index (χ1n) is 7.77. The molecular weight excluding hydrogens is 394 g/mol. The fourth-order valence-electron chi connectivity index (χ4n) is 2.11. The Morgan fingerprint density at radius 3 is 2.48 bits per heavy atom. The molecule has 0 spiro atoms. The fraction of sp³-hybridized carbons (Fsp3) is 0.222. The minimum Gasteiger partial charge on any atom is -0.497 e. The van der Waals surface area contributed by atoms with Crippen molar-refractivity contribution in [3.8, 4) is 5.75 Å². The van der Waals surface area contributed by atoms with Crippen LogP contribution in [0.5, 0.6) is 5.75 Å². The Labute approximate surface area is 162 Å². The molecule has 2 aromatic carbocycles. The number of anilines is 1. The van der Waals surface area contributed by atoms with E-state index in [4.69, 9.17) is 21.1 Å². The van der Waals surface area contributed by atoms with Gasteiger partial charge in [0.05, 0.1) is 22.6 Å². The maximum Gasteiger partial charge on any atom is 0.340 e. The van der Waals surface area contributed by atoms with Gasteiger partial charge in [0.25, 0.3) is 5.91 Å². The molecule has 0 aliphatic carbocycles. The van der Waals surface area contributed by atoms with Crippen LogP contribution in [0, 0.1) is 0 Å². The van der Waals surface area contributed by atoms with Gasteiger partial charge < -0.3 is 14.8 Å². The zero-order valence-corrected chi connectivity index (χ0v) is 16.4. The van der Waals surface area contributed by atoms with Crippen molar-refractivity contribution >= 4 is 39.0 Å². The number of carbonyl (C=O) groups is 2. The van der Waals surface area contributed by atoms with E-state index in [0.717, 1.165) is 12.3 Å². The van der Waals surface area contributed by atoms with E-state index in [9.17, 15) is 18.0 Å². The third kappa shape index (κ3) is 5.45. The molecule has 0 bridgehead atoms. The van der Waals surface area contributed by atoms with Gasteiger partial charge in [-0.3, -0.25) is 4.79 Å². The van der Waals surface area contributed by atoms with Crippen LogP contribution in [0.4, 0.5) is 5.69 Å². The molecule has 0 aliphatic heterocycles. The second kappa shape index (κ2) is 8.41. The van der Waals surface area contributed by atoms with Gasteiger partial charge in [-0.1, -0.05) is 17.7 Å². The number of esters is 1. The van der Waals surface area contributed by atoms with Crippen LogP contribution in [-0.2, 0) is 19.4 Å². The molecule has 0 heterocycles. The molecule has 2 aromatic rings. The molecule has 2 rings (SSSR count). The molecule has 0 saturated heterocycles. The van der Waals surface area contributed by atoms with E-state index in [1.54, 1.807) is 24.3 Å². The Kier molecular flexibility index (Phi) is 6.45. The van der Waals surface area contributed by atoms with E-state index in [2.05, 4.69) is 5.32 Å². The number of hydrogen-bond acceptors (Lipinski definition) is 6. The highest BCUT2D eigenvalue weighted by atomic mass is 35.5. The summed E-state index contributed by atoms with van der Waals surface area (Å²) in [6.45, 7) is 1.39. The van der Waals surface area contributed by atoms with Gasteiger partial charge in [-0.05, 0) is 37.3 Å². The lowest BCUT2D eigenvalue weighted by Gasteiger charge is -2.15. The standard InChI is InChI=1S/C18H18ClNO6S/c1-11(17(21)20-12-5-4-6-13(9-12)25-2)26-18(22)15-10-14(27(3,23)24)7-8-16(15)19/h4-11H,1-3H3,(H,20,21)/t11-/m1/s1. The lowest BCUT2D eigenvalue weighted by atomic mass is 10.2. The molecule has 27 heavy (non-hydrogen) atoms. The van der Waals surface area contributed by atoms with Crippen LogP contribution in [0.15, 0.2) is 47.4 Å². The summed E-state index contributed by atoms with van der Waals surface area (Å²) in [5.41, 5.74) is 0.333. The van der Waals surface area contributed by atoms with Crippen LogP contribution in [0.1, 0.15) is 17.3 Å². The molecular formula is C18H18ClNO6S. The quantitative estimate of drug-likeness (QED) is 0.734. The molecule has 9 heteroatoms. The topological polar surface area (TPSA) is 98.8 Å². The van der Waals surface area contributed by atoms with Gasteiger partial charge in [0.2, 0.25) is 0 Å². The predicted molar refractivity (Wildman–Crippen MR) is 101 cm³/mol. The van der Waals surface area contributed by atoms with Crippen molar-refractivity contribution in [2.45, 2.75) is 17.9 Å². The maximum atomic E-state index is 12.3. The highest BCUT2D eigenvalue weighted by Crippen LogP contribution is 2.22. The molecule has 1 amide bonds. The van der Waals surface area contributed by atoms with Crippen LogP contribution in [-0.4, -0.2) is 39.8 Å². The van der Waals surface area contributed by atoms with E-state index < -0.39 is 27.8 Å². The Morgan fingerprint density at radius 2 is 1.85 bits per heavy atom. The Morgan fingerprint density at radius 1 is 1.15 bits per heavy atom.